The highest BCUT2D eigenvalue weighted by Gasteiger charge is 2.34. The van der Waals surface area contributed by atoms with Crippen molar-refractivity contribution in [2.75, 3.05) is 4.72 Å². The summed E-state index contributed by atoms with van der Waals surface area (Å²) in [4.78, 5) is 23.8. The van der Waals surface area contributed by atoms with E-state index >= 15 is 0 Å². The van der Waals surface area contributed by atoms with Crippen LogP contribution in [-0.4, -0.2) is 30.9 Å². The molecule has 1 atom stereocenters. The van der Waals surface area contributed by atoms with Gasteiger partial charge in [0.05, 0.1) is 4.90 Å². The molecule has 144 valence electrons. The predicted octanol–water partition coefficient (Wildman–Crippen LogP) is 2.86. The van der Waals surface area contributed by atoms with Crippen molar-refractivity contribution in [3.8, 4) is 0 Å². The summed E-state index contributed by atoms with van der Waals surface area (Å²) < 4.78 is 27.2. The molecule has 1 amide bonds. The molecule has 0 bridgehead atoms. The second-order valence-corrected chi connectivity index (χ2v) is 8.02. The molecule has 0 heterocycles. The lowest BCUT2D eigenvalue weighted by molar-refractivity contribution is -0.144. The Hall–Kier alpha value is -2.87. The number of nitrogens with one attached hydrogen (secondary N) is 2. The highest BCUT2D eigenvalue weighted by molar-refractivity contribution is 7.92. The fraction of sp³-hybridized carbons (Fsp3) is 0.263. The fourth-order valence-electron chi connectivity index (χ4n) is 2.55. The first-order valence-electron chi connectivity index (χ1n) is 8.42. The third-order valence-corrected chi connectivity index (χ3v) is 5.46. The maximum atomic E-state index is 12.4. The number of rotatable bonds is 8. The van der Waals surface area contributed by atoms with Crippen LogP contribution >= 0.6 is 0 Å². The summed E-state index contributed by atoms with van der Waals surface area (Å²) in [7, 11) is -3.79. The van der Waals surface area contributed by atoms with Crippen LogP contribution in [0.1, 0.15) is 37.0 Å². The number of carboxylic acid groups (broad SMARTS) is 1. The van der Waals surface area contributed by atoms with Gasteiger partial charge in [-0.3, -0.25) is 9.52 Å². The standard InChI is InChI=1S/C19H22N2O5S/c1-3-13-19(2,18(23)24)20-17(22)14-9-11-16(12-10-14)27(25,26)21-15-7-5-4-6-8-15/h4-12,21H,3,13H2,1-2H3,(H,20,22)(H,23,24). The lowest BCUT2D eigenvalue weighted by Gasteiger charge is -2.25. The minimum Gasteiger partial charge on any atom is -0.480 e. The molecule has 0 spiro atoms. The van der Waals surface area contributed by atoms with E-state index < -0.39 is 27.4 Å². The molecule has 2 aromatic carbocycles. The summed E-state index contributed by atoms with van der Waals surface area (Å²) in [5.41, 5.74) is -0.779. The molecule has 27 heavy (non-hydrogen) atoms. The Morgan fingerprint density at radius 3 is 2.15 bits per heavy atom. The first-order chi connectivity index (χ1) is 12.7. The van der Waals surface area contributed by atoms with Crippen LogP contribution in [0.2, 0.25) is 0 Å². The largest absolute Gasteiger partial charge is 0.480 e. The van der Waals surface area contributed by atoms with Crippen LogP contribution in [-0.2, 0) is 14.8 Å². The van der Waals surface area contributed by atoms with Crippen LogP contribution in [0.5, 0.6) is 0 Å². The zero-order valence-electron chi connectivity index (χ0n) is 15.1. The fourth-order valence-corrected chi connectivity index (χ4v) is 3.61. The van der Waals surface area contributed by atoms with E-state index in [9.17, 15) is 23.1 Å². The van der Waals surface area contributed by atoms with E-state index in [4.69, 9.17) is 0 Å². The van der Waals surface area contributed by atoms with Gasteiger partial charge in [-0.15, -0.1) is 0 Å². The molecule has 0 fully saturated rings. The van der Waals surface area contributed by atoms with Crippen LogP contribution in [0.4, 0.5) is 5.69 Å². The summed E-state index contributed by atoms with van der Waals surface area (Å²) >= 11 is 0. The quantitative estimate of drug-likeness (QED) is 0.641. The number of amides is 1. The number of para-hydroxylation sites is 1. The van der Waals surface area contributed by atoms with E-state index in [-0.39, 0.29) is 16.9 Å². The summed E-state index contributed by atoms with van der Waals surface area (Å²) in [5.74, 6) is -1.70. The van der Waals surface area contributed by atoms with Crippen LogP contribution in [0.15, 0.2) is 59.5 Å². The number of anilines is 1. The van der Waals surface area contributed by atoms with E-state index in [0.717, 1.165) is 0 Å². The summed E-state index contributed by atoms with van der Waals surface area (Å²) in [5, 5.41) is 11.9. The number of carbonyl (C=O) groups is 2. The van der Waals surface area contributed by atoms with Gasteiger partial charge in [0.25, 0.3) is 15.9 Å². The van der Waals surface area contributed by atoms with Gasteiger partial charge in [-0.05, 0) is 49.7 Å². The zero-order valence-corrected chi connectivity index (χ0v) is 15.9. The monoisotopic (exact) mass is 390 g/mol. The molecule has 7 nitrogen and oxygen atoms in total. The van der Waals surface area contributed by atoms with Crippen LogP contribution in [0, 0.1) is 0 Å². The molecular weight excluding hydrogens is 368 g/mol. The van der Waals surface area contributed by atoms with Gasteiger partial charge in [-0.25, -0.2) is 13.2 Å². The minimum atomic E-state index is -3.79. The first kappa shape index (κ1) is 20.4. The van der Waals surface area contributed by atoms with Crippen molar-refractivity contribution in [2.45, 2.75) is 37.1 Å². The summed E-state index contributed by atoms with van der Waals surface area (Å²) in [6.07, 6.45) is 0.868. The number of aliphatic carboxylic acids is 1. The first-order valence-corrected chi connectivity index (χ1v) is 9.90. The molecule has 8 heteroatoms. The zero-order chi connectivity index (χ0) is 20.1. The van der Waals surface area contributed by atoms with Gasteiger partial charge in [0.1, 0.15) is 5.54 Å². The molecule has 1 unspecified atom stereocenters. The number of benzene rings is 2. The molecule has 0 aliphatic rings. The minimum absolute atomic E-state index is 0.00235. The molecule has 2 aromatic rings. The highest BCUT2D eigenvalue weighted by atomic mass is 32.2. The average molecular weight is 390 g/mol. The van der Waals surface area contributed by atoms with E-state index in [1.807, 2.05) is 6.92 Å². The highest BCUT2D eigenvalue weighted by Crippen LogP contribution is 2.18. The van der Waals surface area contributed by atoms with E-state index in [1.165, 1.54) is 31.2 Å². The maximum Gasteiger partial charge on any atom is 0.329 e. The maximum absolute atomic E-state index is 12.4. The van der Waals surface area contributed by atoms with Crippen molar-refractivity contribution >= 4 is 27.6 Å². The summed E-state index contributed by atoms with van der Waals surface area (Å²) in [6, 6.07) is 13.7. The second kappa shape index (κ2) is 8.22. The third kappa shape index (κ3) is 5.07. The number of sulfonamides is 1. The third-order valence-electron chi connectivity index (χ3n) is 4.06. The Labute approximate surface area is 158 Å². The van der Waals surface area contributed by atoms with Gasteiger partial charge in [0, 0.05) is 11.3 Å². The van der Waals surface area contributed by atoms with E-state index in [1.54, 1.807) is 30.3 Å². The number of hydrogen-bond donors (Lipinski definition) is 3. The number of carboxylic acids is 1. The Kier molecular flexibility index (Phi) is 6.22. The molecule has 0 saturated carbocycles. The van der Waals surface area contributed by atoms with Gasteiger partial charge in [0.2, 0.25) is 0 Å². The Morgan fingerprint density at radius 2 is 1.63 bits per heavy atom. The lowest BCUT2D eigenvalue weighted by atomic mass is 9.96. The van der Waals surface area contributed by atoms with Gasteiger partial charge < -0.3 is 10.4 Å². The van der Waals surface area contributed by atoms with Crippen molar-refractivity contribution in [3.63, 3.8) is 0 Å². The van der Waals surface area contributed by atoms with Crippen molar-refractivity contribution in [3.05, 3.63) is 60.2 Å². The molecule has 3 N–H and O–H groups in total. The Balaban J connectivity index is 2.16. The second-order valence-electron chi connectivity index (χ2n) is 6.34. The van der Waals surface area contributed by atoms with Crippen molar-refractivity contribution < 1.29 is 23.1 Å². The Bertz CT molecular complexity index is 911. The van der Waals surface area contributed by atoms with Crippen LogP contribution < -0.4 is 10.0 Å². The average Bonchev–Trinajstić information content (AvgIpc) is 2.62. The molecule has 0 aliphatic heterocycles. The topological polar surface area (TPSA) is 113 Å². The molecule has 0 aliphatic carbocycles. The SMILES string of the molecule is CCCC(C)(NC(=O)c1ccc(S(=O)(=O)Nc2ccccc2)cc1)C(=O)O. The van der Waals surface area contributed by atoms with Gasteiger partial charge in [-0.1, -0.05) is 31.5 Å². The van der Waals surface area contributed by atoms with Gasteiger partial charge >= 0.3 is 5.97 Å². The molecule has 0 radical (unpaired) electrons. The molecule has 0 saturated heterocycles. The normalized spacial score (nSPS) is 13.4. The lowest BCUT2D eigenvalue weighted by Crippen LogP contribution is -2.52. The van der Waals surface area contributed by atoms with Crippen LogP contribution in [0.25, 0.3) is 0 Å². The molecule has 0 aromatic heterocycles. The number of hydrogen-bond acceptors (Lipinski definition) is 4. The van der Waals surface area contributed by atoms with Crippen molar-refractivity contribution in [2.24, 2.45) is 0 Å². The smallest absolute Gasteiger partial charge is 0.329 e. The predicted molar refractivity (Wildman–Crippen MR) is 102 cm³/mol. The Morgan fingerprint density at radius 1 is 1.04 bits per heavy atom. The van der Waals surface area contributed by atoms with Gasteiger partial charge in [0.15, 0.2) is 0 Å². The van der Waals surface area contributed by atoms with E-state index in [0.29, 0.717) is 12.1 Å². The summed E-state index contributed by atoms with van der Waals surface area (Å²) in [6.45, 7) is 3.27. The molecule has 2 rings (SSSR count). The van der Waals surface area contributed by atoms with E-state index in [2.05, 4.69) is 10.0 Å². The number of carbonyl (C=O) groups excluding carboxylic acids is 1. The van der Waals surface area contributed by atoms with Crippen molar-refractivity contribution in [1.82, 2.24) is 5.32 Å². The van der Waals surface area contributed by atoms with Gasteiger partial charge in [-0.2, -0.15) is 0 Å². The molecular formula is C19H22N2O5S. The van der Waals surface area contributed by atoms with Crippen molar-refractivity contribution in [1.29, 1.82) is 0 Å². The van der Waals surface area contributed by atoms with Crippen LogP contribution in [0.3, 0.4) is 0 Å².